The van der Waals surface area contributed by atoms with Crippen molar-refractivity contribution in [3.05, 3.63) is 10.7 Å². The van der Waals surface area contributed by atoms with Crippen molar-refractivity contribution in [3.8, 4) is 6.07 Å². The van der Waals surface area contributed by atoms with Crippen molar-refractivity contribution in [1.82, 2.24) is 9.97 Å². The van der Waals surface area contributed by atoms with Crippen molar-refractivity contribution in [2.75, 3.05) is 24.3 Å². The van der Waals surface area contributed by atoms with Gasteiger partial charge in [-0.2, -0.15) is 15.2 Å². The molecule has 1 heterocycles. The molecule has 0 aliphatic rings. The van der Waals surface area contributed by atoms with Gasteiger partial charge in [-0.1, -0.05) is 11.6 Å². The fraction of sp³-hybridized carbons (Fsp3) is 0.500. The lowest BCUT2D eigenvalue weighted by molar-refractivity contribution is 0.870. The standard InChI is InChI=1S/C10H14ClN5/c1-6(2)13-10-14-8(11)7(5-12)9(15-10)16(3)4/h6H,1-4H3,(H,13,14,15). The Hall–Kier alpha value is -1.54. The van der Waals surface area contributed by atoms with Crippen LogP contribution in [0.25, 0.3) is 0 Å². The van der Waals surface area contributed by atoms with E-state index in [0.717, 1.165) is 0 Å². The summed E-state index contributed by atoms with van der Waals surface area (Å²) >= 11 is 5.92. The minimum absolute atomic E-state index is 0.171. The van der Waals surface area contributed by atoms with Gasteiger partial charge in [0.2, 0.25) is 5.95 Å². The zero-order valence-corrected chi connectivity index (χ0v) is 10.5. The molecule has 1 aromatic heterocycles. The quantitative estimate of drug-likeness (QED) is 0.816. The molecule has 0 fully saturated rings. The van der Waals surface area contributed by atoms with Crippen molar-refractivity contribution in [2.24, 2.45) is 0 Å². The van der Waals surface area contributed by atoms with Gasteiger partial charge in [0.05, 0.1) is 0 Å². The summed E-state index contributed by atoms with van der Waals surface area (Å²) in [5.41, 5.74) is 0.293. The Kier molecular flexibility index (Phi) is 3.91. The number of rotatable bonds is 3. The third-order valence-corrected chi connectivity index (χ3v) is 2.07. The minimum atomic E-state index is 0.171. The van der Waals surface area contributed by atoms with Crippen LogP contribution < -0.4 is 10.2 Å². The van der Waals surface area contributed by atoms with Crippen molar-refractivity contribution in [3.63, 3.8) is 0 Å². The molecular weight excluding hydrogens is 226 g/mol. The van der Waals surface area contributed by atoms with Crippen LogP contribution in [0.2, 0.25) is 5.15 Å². The van der Waals surface area contributed by atoms with Gasteiger partial charge in [-0.3, -0.25) is 0 Å². The van der Waals surface area contributed by atoms with E-state index in [9.17, 15) is 0 Å². The Labute approximate surface area is 100 Å². The van der Waals surface area contributed by atoms with Gasteiger partial charge in [0.15, 0.2) is 11.0 Å². The van der Waals surface area contributed by atoms with Gasteiger partial charge in [-0.05, 0) is 13.8 Å². The topological polar surface area (TPSA) is 64.8 Å². The van der Waals surface area contributed by atoms with Crippen LogP contribution in [-0.2, 0) is 0 Å². The fourth-order valence-electron chi connectivity index (χ4n) is 1.16. The van der Waals surface area contributed by atoms with E-state index in [-0.39, 0.29) is 11.2 Å². The first-order chi connectivity index (χ1) is 7.45. The Morgan fingerprint density at radius 3 is 2.44 bits per heavy atom. The number of nitrogens with one attached hydrogen (secondary N) is 1. The summed E-state index contributed by atoms with van der Waals surface area (Å²) in [4.78, 5) is 10.00. The number of halogens is 1. The SMILES string of the molecule is CC(C)Nc1nc(Cl)c(C#N)c(N(C)C)n1. The smallest absolute Gasteiger partial charge is 0.226 e. The highest BCUT2D eigenvalue weighted by Gasteiger charge is 2.14. The van der Waals surface area contributed by atoms with Crippen molar-refractivity contribution in [2.45, 2.75) is 19.9 Å². The summed E-state index contributed by atoms with van der Waals surface area (Å²) in [7, 11) is 3.61. The number of nitrogens with zero attached hydrogens (tertiary/aromatic N) is 4. The molecule has 0 amide bonds. The van der Waals surface area contributed by atoms with E-state index in [2.05, 4.69) is 15.3 Å². The molecule has 0 aliphatic heterocycles. The van der Waals surface area contributed by atoms with Crippen LogP contribution >= 0.6 is 11.6 Å². The molecule has 1 N–H and O–H groups in total. The molecule has 0 saturated heterocycles. The van der Waals surface area contributed by atoms with Crippen LogP contribution in [0.3, 0.4) is 0 Å². The normalized spacial score (nSPS) is 10.1. The average Bonchev–Trinajstić information content (AvgIpc) is 2.15. The van der Waals surface area contributed by atoms with Gasteiger partial charge in [0.25, 0.3) is 0 Å². The largest absolute Gasteiger partial charge is 0.361 e. The highest BCUT2D eigenvalue weighted by atomic mass is 35.5. The van der Waals surface area contributed by atoms with Gasteiger partial charge in [-0.25, -0.2) is 0 Å². The summed E-state index contributed by atoms with van der Waals surface area (Å²) in [6, 6.07) is 2.21. The van der Waals surface area contributed by atoms with E-state index in [0.29, 0.717) is 17.3 Å². The first kappa shape index (κ1) is 12.5. The van der Waals surface area contributed by atoms with Crippen LogP contribution in [-0.4, -0.2) is 30.1 Å². The maximum absolute atomic E-state index is 8.96. The van der Waals surface area contributed by atoms with E-state index in [4.69, 9.17) is 16.9 Å². The van der Waals surface area contributed by atoms with E-state index < -0.39 is 0 Å². The second-order valence-electron chi connectivity index (χ2n) is 3.84. The Bertz CT molecular complexity index is 422. The molecular formula is C10H14ClN5. The number of aromatic nitrogens is 2. The zero-order chi connectivity index (χ0) is 12.3. The minimum Gasteiger partial charge on any atom is -0.361 e. The average molecular weight is 240 g/mol. The molecule has 0 unspecified atom stereocenters. The van der Waals surface area contributed by atoms with E-state index in [1.807, 2.05) is 19.9 Å². The molecule has 6 heteroatoms. The van der Waals surface area contributed by atoms with Gasteiger partial charge >= 0.3 is 0 Å². The number of nitriles is 1. The molecule has 0 radical (unpaired) electrons. The zero-order valence-electron chi connectivity index (χ0n) is 9.74. The molecule has 86 valence electrons. The van der Waals surface area contributed by atoms with Gasteiger partial charge < -0.3 is 10.2 Å². The first-order valence-corrected chi connectivity index (χ1v) is 5.25. The van der Waals surface area contributed by atoms with Crippen molar-refractivity contribution >= 4 is 23.4 Å². The molecule has 0 atom stereocenters. The molecule has 0 aliphatic carbocycles. The molecule has 16 heavy (non-hydrogen) atoms. The summed E-state index contributed by atoms with van der Waals surface area (Å²) in [5.74, 6) is 0.952. The van der Waals surface area contributed by atoms with Crippen LogP contribution in [0.4, 0.5) is 11.8 Å². The third kappa shape index (κ3) is 2.74. The molecule has 0 bridgehead atoms. The van der Waals surface area contributed by atoms with Gasteiger partial charge in [-0.15, -0.1) is 0 Å². The summed E-state index contributed by atoms with van der Waals surface area (Å²) in [6.07, 6.45) is 0. The Balaban J connectivity index is 3.24. The molecule has 0 spiro atoms. The number of hydrogen-bond donors (Lipinski definition) is 1. The molecule has 1 rings (SSSR count). The molecule has 0 aromatic carbocycles. The number of hydrogen-bond acceptors (Lipinski definition) is 5. The summed E-state index contributed by atoms with van der Waals surface area (Å²) in [6.45, 7) is 3.95. The maximum atomic E-state index is 8.96. The fourth-order valence-corrected chi connectivity index (χ4v) is 1.37. The predicted octanol–water partition coefficient (Wildman–Crippen LogP) is 1.89. The lowest BCUT2D eigenvalue weighted by Crippen LogP contribution is -2.18. The lowest BCUT2D eigenvalue weighted by atomic mass is 10.3. The van der Waals surface area contributed by atoms with Crippen LogP contribution in [0.5, 0.6) is 0 Å². The Morgan fingerprint density at radius 1 is 1.38 bits per heavy atom. The van der Waals surface area contributed by atoms with Gasteiger partial charge in [0.1, 0.15) is 11.6 Å². The second-order valence-corrected chi connectivity index (χ2v) is 4.20. The molecule has 5 nitrogen and oxygen atoms in total. The second kappa shape index (κ2) is 4.99. The summed E-state index contributed by atoms with van der Waals surface area (Å²) in [5, 5.41) is 12.2. The molecule has 0 saturated carbocycles. The van der Waals surface area contributed by atoms with Crippen molar-refractivity contribution in [1.29, 1.82) is 5.26 Å². The first-order valence-electron chi connectivity index (χ1n) is 4.87. The van der Waals surface area contributed by atoms with E-state index in [1.165, 1.54) is 0 Å². The maximum Gasteiger partial charge on any atom is 0.226 e. The highest BCUT2D eigenvalue weighted by Crippen LogP contribution is 2.23. The van der Waals surface area contributed by atoms with Crippen molar-refractivity contribution < 1.29 is 0 Å². The van der Waals surface area contributed by atoms with Crippen LogP contribution in [0.15, 0.2) is 0 Å². The lowest BCUT2D eigenvalue weighted by Gasteiger charge is -2.16. The van der Waals surface area contributed by atoms with Crippen LogP contribution in [0.1, 0.15) is 19.4 Å². The summed E-state index contributed by atoms with van der Waals surface area (Å²) < 4.78 is 0. The highest BCUT2D eigenvalue weighted by molar-refractivity contribution is 6.31. The van der Waals surface area contributed by atoms with E-state index >= 15 is 0 Å². The molecule has 1 aromatic rings. The van der Waals surface area contributed by atoms with Gasteiger partial charge in [0, 0.05) is 20.1 Å². The predicted molar refractivity (Wildman–Crippen MR) is 64.8 cm³/mol. The number of anilines is 2. The van der Waals surface area contributed by atoms with E-state index in [1.54, 1.807) is 19.0 Å². The monoisotopic (exact) mass is 239 g/mol. The Morgan fingerprint density at radius 2 is 2.00 bits per heavy atom. The van der Waals surface area contributed by atoms with Crippen LogP contribution in [0, 0.1) is 11.3 Å². The third-order valence-electron chi connectivity index (χ3n) is 1.80.